The average molecular weight is 193 g/mol. The predicted octanol–water partition coefficient (Wildman–Crippen LogP) is 0.802. The van der Waals surface area contributed by atoms with Gasteiger partial charge in [-0.25, -0.2) is 9.97 Å². The van der Waals surface area contributed by atoms with Crippen LogP contribution in [0.25, 0.3) is 0 Å². The van der Waals surface area contributed by atoms with E-state index in [-0.39, 0.29) is 17.7 Å². The molecule has 2 N–H and O–H groups in total. The first-order valence-corrected chi connectivity index (χ1v) is 4.49. The van der Waals surface area contributed by atoms with Crippen molar-refractivity contribution in [3.8, 4) is 0 Å². The van der Waals surface area contributed by atoms with Gasteiger partial charge in [-0.2, -0.15) is 0 Å². The quantitative estimate of drug-likeness (QED) is 0.755. The second kappa shape index (κ2) is 3.74. The zero-order valence-electron chi connectivity index (χ0n) is 8.74. The SMILES string of the molecule is CC(C)(C)c1ncc(CC(N)=O)cn1. The number of rotatable bonds is 2. The summed E-state index contributed by atoms with van der Waals surface area (Å²) < 4.78 is 0. The van der Waals surface area contributed by atoms with Gasteiger partial charge in [0.1, 0.15) is 5.82 Å². The van der Waals surface area contributed by atoms with Gasteiger partial charge < -0.3 is 5.73 Å². The summed E-state index contributed by atoms with van der Waals surface area (Å²) in [6.07, 6.45) is 3.50. The van der Waals surface area contributed by atoms with Crippen molar-refractivity contribution < 1.29 is 4.79 Å². The van der Waals surface area contributed by atoms with Crippen molar-refractivity contribution in [3.63, 3.8) is 0 Å². The van der Waals surface area contributed by atoms with Gasteiger partial charge in [-0.3, -0.25) is 4.79 Å². The van der Waals surface area contributed by atoms with Crippen LogP contribution in [0.1, 0.15) is 32.2 Å². The first kappa shape index (κ1) is 10.6. The Morgan fingerprint density at radius 2 is 1.86 bits per heavy atom. The third-order valence-corrected chi connectivity index (χ3v) is 1.75. The van der Waals surface area contributed by atoms with Gasteiger partial charge in [0, 0.05) is 17.8 Å². The van der Waals surface area contributed by atoms with Crippen LogP contribution in [0.15, 0.2) is 12.4 Å². The summed E-state index contributed by atoms with van der Waals surface area (Å²) in [6, 6.07) is 0. The lowest BCUT2D eigenvalue weighted by molar-refractivity contribution is -0.117. The molecule has 1 aromatic rings. The third-order valence-electron chi connectivity index (χ3n) is 1.75. The van der Waals surface area contributed by atoms with E-state index in [4.69, 9.17) is 5.73 Å². The largest absolute Gasteiger partial charge is 0.369 e. The van der Waals surface area contributed by atoms with E-state index in [0.29, 0.717) is 0 Å². The number of nitrogens with two attached hydrogens (primary N) is 1. The Bertz CT molecular complexity index is 324. The molecule has 1 aromatic heterocycles. The van der Waals surface area contributed by atoms with Crippen molar-refractivity contribution >= 4 is 5.91 Å². The zero-order chi connectivity index (χ0) is 10.8. The van der Waals surface area contributed by atoms with Gasteiger partial charge >= 0.3 is 0 Å². The minimum atomic E-state index is -0.364. The van der Waals surface area contributed by atoms with E-state index in [1.807, 2.05) is 20.8 Å². The van der Waals surface area contributed by atoms with Crippen LogP contribution in [0.2, 0.25) is 0 Å². The molecule has 0 aliphatic carbocycles. The van der Waals surface area contributed by atoms with Crippen LogP contribution >= 0.6 is 0 Å². The van der Waals surface area contributed by atoms with Gasteiger partial charge in [0.15, 0.2) is 0 Å². The van der Waals surface area contributed by atoms with E-state index in [2.05, 4.69) is 9.97 Å². The normalized spacial score (nSPS) is 11.4. The summed E-state index contributed by atoms with van der Waals surface area (Å²) in [7, 11) is 0. The first-order chi connectivity index (χ1) is 6.39. The molecule has 0 spiro atoms. The number of hydrogen-bond donors (Lipinski definition) is 1. The second-order valence-corrected chi connectivity index (χ2v) is 4.31. The van der Waals surface area contributed by atoms with Gasteiger partial charge in [-0.15, -0.1) is 0 Å². The molecule has 4 nitrogen and oxygen atoms in total. The maximum absolute atomic E-state index is 10.6. The summed E-state index contributed by atoms with van der Waals surface area (Å²) in [4.78, 5) is 19.0. The molecule has 0 saturated heterocycles. The van der Waals surface area contributed by atoms with Crippen LogP contribution in [-0.2, 0) is 16.6 Å². The molecule has 0 aliphatic rings. The number of carbonyl (C=O) groups excluding carboxylic acids is 1. The van der Waals surface area contributed by atoms with Crippen molar-refractivity contribution in [2.45, 2.75) is 32.6 Å². The summed E-state index contributed by atoms with van der Waals surface area (Å²) in [6.45, 7) is 6.11. The van der Waals surface area contributed by atoms with Crippen LogP contribution in [0.4, 0.5) is 0 Å². The highest BCUT2D eigenvalue weighted by atomic mass is 16.1. The molecule has 0 aromatic carbocycles. The van der Waals surface area contributed by atoms with Gasteiger partial charge in [0.25, 0.3) is 0 Å². The van der Waals surface area contributed by atoms with E-state index in [0.717, 1.165) is 11.4 Å². The maximum Gasteiger partial charge on any atom is 0.221 e. The molecule has 0 bridgehead atoms. The topological polar surface area (TPSA) is 68.9 Å². The second-order valence-electron chi connectivity index (χ2n) is 4.31. The number of aromatic nitrogens is 2. The number of amides is 1. The van der Waals surface area contributed by atoms with E-state index in [9.17, 15) is 4.79 Å². The molecule has 0 saturated carbocycles. The Labute approximate surface area is 83.6 Å². The highest BCUT2D eigenvalue weighted by Crippen LogP contribution is 2.16. The average Bonchev–Trinajstić information content (AvgIpc) is 2.02. The molecule has 0 fully saturated rings. The number of hydrogen-bond acceptors (Lipinski definition) is 3. The molecule has 0 aliphatic heterocycles. The molecule has 0 radical (unpaired) electrons. The Morgan fingerprint density at radius 3 is 2.21 bits per heavy atom. The molecule has 14 heavy (non-hydrogen) atoms. The Morgan fingerprint density at radius 1 is 1.36 bits per heavy atom. The van der Waals surface area contributed by atoms with Crippen molar-refractivity contribution in [3.05, 3.63) is 23.8 Å². The highest BCUT2D eigenvalue weighted by molar-refractivity contribution is 5.76. The van der Waals surface area contributed by atoms with E-state index in [1.54, 1.807) is 12.4 Å². The Kier molecular flexibility index (Phi) is 2.84. The molecule has 1 heterocycles. The minimum Gasteiger partial charge on any atom is -0.369 e. The fraction of sp³-hybridized carbons (Fsp3) is 0.500. The lowest BCUT2D eigenvalue weighted by Crippen LogP contribution is -2.17. The van der Waals surface area contributed by atoms with Gasteiger partial charge in [-0.1, -0.05) is 20.8 Å². The van der Waals surface area contributed by atoms with E-state index < -0.39 is 0 Å². The van der Waals surface area contributed by atoms with Crippen LogP contribution in [0.3, 0.4) is 0 Å². The zero-order valence-corrected chi connectivity index (χ0v) is 8.74. The Balaban J connectivity index is 2.84. The van der Waals surface area contributed by atoms with Gasteiger partial charge in [0.05, 0.1) is 6.42 Å². The van der Waals surface area contributed by atoms with Crippen LogP contribution in [0.5, 0.6) is 0 Å². The lowest BCUT2D eigenvalue weighted by atomic mass is 9.96. The molecular weight excluding hydrogens is 178 g/mol. The van der Waals surface area contributed by atoms with Crippen LogP contribution < -0.4 is 5.73 Å². The third kappa shape index (κ3) is 2.80. The van der Waals surface area contributed by atoms with Gasteiger partial charge in [-0.05, 0) is 5.56 Å². The minimum absolute atomic E-state index is 0.0642. The number of primary amides is 1. The molecule has 0 atom stereocenters. The highest BCUT2D eigenvalue weighted by Gasteiger charge is 2.16. The summed E-state index contributed by atoms with van der Waals surface area (Å²) in [5.41, 5.74) is 5.74. The molecular formula is C10H15N3O. The molecule has 4 heteroatoms. The summed E-state index contributed by atoms with van der Waals surface area (Å²) >= 11 is 0. The first-order valence-electron chi connectivity index (χ1n) is 4.49. The summed E-state index contributed by atoms with van der Waals surface area (Å²) in [5, 5.41) is 0. The Hall–Kier alpha value is -1.45. The fourth-order valence-corrected chi connectivity index (χ4v) is 1.03. The molecule has 76 valence electrons. The van der Waals surface area contributed by atoms with Gasteiger partial charge in [0.2, 0.25) is 5.91 Å². The summed E-state index contributed by atoms with van der Waals surface area (Å²) in [5.74, 6) is 0.405. The number of carbonyl (C=O) groups is 1. The van der Waals surface area contributed by atoms with Crippen molar-refractivity contribution in [1.82, 2.24) is 9.97 Å². The van der Waals surface area contributed by atoms with Crippen molar-refractivity contribution in [1.29, 1.82) is 0 Å². The van der Waals surface area contributed by atoms with Crippen LogP contribution in [-0.4, -0.2) is 15.9 Å². The van der Waals surface area contributed by atoms with E-state index >= 15 is 0 Å². The van der Waals surface area contributed by atoms with Crippen LogP contribution in [0, 0.1) is 0 Å². The monoisotopic (exact) mass is 193 g/mol. The van der Waals surface area contributed by atoms with E-state index in [1.165, 1.54) is 0 Å². The fourth-order valence-electron chi connectivity index (χ4n) is 1.03. The molecule has 1 amide bonds. The lowest BCUT2D eigenvalue weighted by Gasteiger charge is -2.15. The predicted molar refractivity (Wildman–Crippen MR) is 53.6 cm³/mol. The standard InChI is InChI=1S/C10H15N3O/c1-10(2,3)9-12-5-7(6-13-9)4-8(11)14/h5-6H,4H2,1-3H3,(H2,11,14). The van der Waals surface area contributed by atoms with Crippen molar-refractivity contribution in [2.24, 2.45) is 5.73 Å². The van der Waals surface area contributed by atoms with Crippen molar-refractivity contribution in [2.75, 3.05) is 0 Å². The number of nitrogens with zero attached hydrogens (tertiary/aromatic N) is 2. The smallest absolute Gasteiger partial charge is 0.221 e. The molecule has 1 rings (SSSR count). The maximum atomic E-state index is 10.6. The molecule has 0 unspecified atom stereocenters.